The third-order valence-electron chi connectivity index (χ3n) is 4.42. The fourth-order valence-corrected chi connectivity index (χ4v) is 5.34. The summed E-state index contributed by atoms with van der Waals surface area (Å²) in [6, 6.07) is 4.72. The van der Waals surface area contributed by atoms with Gasteiger partial charge in [0.25, 0.3) is 6.43 Å². The zero-order valence-electron chi connectivity index (χ0n) is 13.7. The van der Waals surface area contributed by atoms with E-state index in [9.17, 15) is 22.0 Å². The van der Waals surface area contributed by atoms with Crippen LogP contribution < -0.4 is 5.32 Å². The van der Waals surface area contributed by atoms with Gasteiger partial charge in [0.15, 0.2) is 9.84 Å². The number of aromatic nitrogens is 2. The molecule has 0 aromatic carbocycles. The number of sulfone groups is 1. The second-order valence-corrected chi connectivity index (χ2v) is 8.82. The molecule has 1 N–H and O–H groups in total. The number of carbonyl (C=O) groups is 1. The first-order valence-corrected chi connectivity index (χ1v) is 9.75. The zero-order chi connectivity index (χ0) is 18.2. The van der Waals surface area contributed by atoms with E-state index in [-0.39, 0.29) is 36.1 Å². The third kappa shape index (κ3) is 3.81. The van der Waals surface area contributed by atoms with Gasteiger partial charge in [0.2, 0.25) is 5.91 Å². The van der Waals surface area contributed by atoms with Crippen molar-refractivity contribution in [2.45, 2.75) is 38.3 Å². The normalized spacial score (nSPS) is 22.6. The number of hydrogen-bond donors (Lipinski definition) is 1. The molecule has 1 fully saturated rings. The maximum atomic E-state index is 13.2. The third-order valence-corrected chi connectivity index (χ3v) is 6.32. The molecular formula is C16H19F2N3O3S. The molecule has 1 atom stereocenters. The maximum Gasteiger partial charge on any atom is 0.278 e. The van der Waals surface area contributed by atoms with Crippen molar-refractivity contribution in [2.24, 2.45) is 0 Å². The van der Waals surface area contributed by atoms with Crippen molar-refractivity contribution in [2.75, 3.05) is 11.5 Å². The molecule has 2 aromatic rings. The van der Waals surface area contributed by atoms with Crippen molar-refractivity contribution >= 4 is 26.8 Å². The Labute approximate surface area is 144 Å². The van der Waals surface area contributed by atoms with Crippen LogP contribution in [0.2, 0.25) is 0 Å². The molecule has 1 aliphatic heterocycles. The minimum atomic E-state index is -3.13. The Morgan fingerprint density at radius 3 is 2.88 bits per heavy atom. The molecule has 3 heterocycles. The molecule has 9 heteroatoms. The van der Waals surface area contributed by atoms with E-state index in [1.54, 1.807) is 19.1 Å². The lowest BCUT2D eigenvalue weighted by Crippen LogP contribution is -2.47. The second-order valence-electron chi connectivity index (χ2n) is 6.64. The van der Waals surface area contributed by atoms with E-state index in [0.717, 1.165) is 0 Å². The van der Waals surface area contributed by atoms with Crippen LogP contribution in [0.15, 0.2) is 24.4 Å². The lowest BCUT2D eigenvalue weighted by molar-refractivity contribution is -0.122. The minimum absolute atomic E-state index is 0.0320. The zero-order valence-corrected chi connectivity index (χ0v) is 14.5. The molecule has 136 valence electrons. The summed E-state index contributed by atoms with van der Waals surface area (Å²) in [6.45, 7) is 1.74. The molecule has 0 aliphatic carbocycles. The van der Waals surface area contributed by atoms with Crippen molar-refractivity contribution in [1.82, 2.24) is 14.9 Å². The number of aryl methyl sites for hydroxylation is 1. The highest BCUT2D eigenvalue weighted by Crippen LogP contribution is 2.27. The van der Waals surface area contributed by atoms with Crippen LogP contribution in [0.25, 0.3) is 11.0 Å². The second kappa shape index (κ2) is 6.36. The van der Waals surface area contributed by atoms with Gasteiger partial charge in [0.1, 0.15) is 5.65 Å². The Balaban J connectivity index is 1.72. The smallest absolute Gasteiger partial charge is 0.278 e. The standard InChI is InChI=1S/C16H19F2N3O3S/c1-16(5-8-25(23,24)10-16)20-13(22)4-7-21-12(14(17)18)9-11-3-2-6-19-15(11)21/h2-3,6,9,14H,4-5,7-8,10H2,1H3,(H,20,22)/t16-/m0/s1. The molecule has 3 rings (SSSR count). The molecule has 25 heavy (non-hydrogen) atoms. The number of nitrogens with zero attached hydrogens (tertiary/aromatic N) is 2. The molecule has 6 nitrogen and oxygen atoms in total. The van der Waals surface area contributed by atoms with Gasteiger partial charge < -0.3 is 9.88 Å². The molecule has 0 spiro atoms. The van der Waals surface area contributed by atoms with Crippen LogP contribution >= 0.6 is 0 Å². The first kappa shape index (κ1) is 17.8. The summed E-state index contributed by atoms with van der Waals surface area (Å²) in [7, 11) is -3.13. The van der Waals surface area contributed by atoms with Crippen LogP contribution in [0.5, 0.6) is 0 Å². The van der Waals surface area contributed by atoms with E-state index in [2.05, 4.69) is 10.3 Å². The number of halogens is 2. The summed E-state index contributed by atoms with van der Waals surface area (Å²) >= 11 is 0. The summed E-state index contributed by atoms with van der Waals surface area (Å²) in [6.07, 6.45) is -0.833. The average Bonchev–Trinajstić information content (AvgIpc) is 3.02. The Hall–Kier alpha value is -2.03. The summed E-state index contributed by atoms with van der Waals surface area (Å²) < 4.78 is 51.0. The summed E-state index contributed by atoms with van der Waals surface area (Å²) in [5, 5.41) is 3.32. The van der Waals surface area contributed by atoms with Gasteiger partial charge in [-0.1, -0.05) is 0 Å². The lowest BCUT2D eigenvalue weighted by atomic mass is 10.0. The molecule has 0 radical (unpaired) electrons. The quantitative estimate of drug-likeness (QED) is 0.872. The summed E-state index contributed by atoms with van der Waals surface area (Å²) in [5.74, 6) is -0.411. The number of amides is 1. The number of rotatable bonds is 5. The Kier molecular flexibility index (Phi) is 4.52. The van der Waals surface area contributed by atoms with Crippen molar-refractivity contribution in [3.05, 3.63) is 30.1 Å². The number of fused-ring (bicyclic) bond motifs is 1. The highest BCUT2D eigenvalue weighted by atomic mass is 32.2. The Bertz CT molecular complexity index is 910. The van der Waals surface area contributed by atoms with Gasteiger partial charge in [-0.05, 0) is 31.5 Å². The van der Waals surface area contributed by atoms with Crippen molar-refractivity contribution < 1.29 is 22.0 Å². The van der Waals surface area contributed by atoms with E-state index in [1.807, 2.05) is 0 Å². The number of pyridine rings is 1. The fraction of sp³-hybridized carbons (Fsp3) is 0.500. The van der Waals surface area contributed by atoms with Gasteiger partial charge in [-0.15, -0.1) is 0 Å². The number of alkyl halides is 2. The predicted molar refractivity (Wildman–Crippen MR) is 89.1 cm³/mol. The average molecular weight is 371 g/mol. The van der Waals surface area contributed by atoms with Gasteiger partial charge in [-0.3, -0.25) is 4.79 Å². The SMILES string of the molecule is C[C@]1(NC(=O)CCn2c(C(F)F)cc3cccnc32)CCS(=O)(=O)C1. The van der Waals surface area contributed by atoms with E-state index in [0.29, 0.717) is 17.5 Å². The van der Waals surface area contributed by atoms with Gasteiger partial charge >= 0.3 is 0 Å². The highest BCUT2D eigenvalue weighted by molar-refractivity contribution is 7.91. The largest absolute Gasteiger partial charge is 0.350 e. The maximum absolute atomic E-state index is 13.2. The van der Waals surface area contributed by atoms with Crippen molar-refractivity contribution in [3.63, 3.8) is 0 Å². The number of nitrogens with one attached hydrogen (secondary N) is 1. The number of carbonyl (C=O) groups excluding carboxylic acids is 1. The van der Waals surface area contributed by atoms with Crippen LogP contribution in [0.3, 0.4) is 0 Å². The molecule has 0 unspecified atom stereocenters. The van der Waals surface area contributed by atoms with Gasteiger partial charge in [-0.2, -0.15) is 0 Å². The first-order valence-electron chi connectivity index (χ1n) is 7.93. The van der Waals surface area contributed by atoms with Crippen molar-refractivity contribution in [1.29, 1.82) is 0 Å². The van der Waals surface area contributed by atoms with Crippen LogP contribution in [0.1, 0.15) is 31.9 Å². The van der Waals surface area contributed by atoms with Crippen LogP contribution in [0, 0.1) is 0 Å². The van der Waals surface area contributed by atoms with Crippen LogP contribution in [-0.2, 0) is 21.2 Å². The monoisotopic (exact) mass is 371 g/mol. The van der Waals surface area contributed by atoms with Crippen LogP contribution in [0.4, 0.5) is 8.78 Å². The van der Waals surface area contributed by atoms with E-state index >= 15 is 0 Å². The van der Waals surface area contributed by atoms with Crippen molar-refractivity contribution in [3.8, 4) is 0 Å². The fourth-order valence-electron chi connectivity index (χ4n) is 3.24. The van der Waals surface area contributed by atoms with E-state index < -0.39 is 21.8 Å². The van der Waals surface area contributed by atoms with Gasteiger partial charge in [0.05, 0.1) is 22.7 Å². The van der Waals surface area contributed by atoms with E-state index in [4.69, 9.17) is 0 Å². The molecular weight excluding hydrogens is 352 g/mol. The topological polar surface area (TPSA) is 81.1 Å². The van der Waals surface area contributed by atoms with Gasteiger partial charge in [-0.25, -0.2) is 22.2 Å². The molecule has 1 amide bonds. The highest BCUT2D eigenvalue weighted by Gasteiger charge is 2.39. The summed E-state index contributed by atoms with van der Waals surface area (Å²) in [5.41, 5.74) is -0.574. The van der Waals surface area contributed by atoms with Crippen LogP contribution in [-0.4, -0.2) is 40.9 Å². The molecule has 2 aromatic heterocycles. The molecule has 0 bridgehead atoms. The minimum Gasteiger partial charge on any atom is -0.350 e. The predicted octanol–water partition coefficient (Wildman–Crippen LogP) is 2.06. The summed E-state index contributed by atoms with van der Waals surface area (Å²) in [4.78, 5) is 16.3. The number of hydrogen-bond acceptors (Lipinski definition) is 4. The van der Waals surface area contributed by atoms with E-state index in [1.165, 1.54) is 16.8 Å². The Morgan fingerprint density at radius 1 is 1.48 bits per heavy atom. The molecule has 0 saturated carbocycles. The van der Waals surface area contributed by atoms with Gasteiger partial charge in [0, 0.05) is 24.5 Å². The molecule has 1 aliphatic rings. The lowest BCUT2D eigenvalue weighted by Gasteiger charge is -2.24. The molecule has 1 saturated heterocycles. The first-order chi connectivity index (χ1) is 11.7. The Morgan fingerprint density at radius 2 is 2.24 bits per heavy atom.